The van der Waals surface area contributed by atoms with Crippen molar-refractivity contribution in [3.8, 4) is 22.3 Å². The summed E-state index contributed by atoms with van der Waals surface area (Å²) in [5.74, 6) is 1.32. The van der Waals surface area contributed by atoms with Gasteiger partial charge in [0.2, 0.25) is 0 Å². The minimum atomic E-state index is 0.0374. The van der Waals surface area contributed by atoms with Crippen LogP contribution in [0.5, 0.6) is 0 Å². The maximum absolute atomic E-state index is 6.33. The monoisotopic (exact) mass is 397 g/mol. The van der Waals surface area contributed by atoms with Crippen LogP contribution in [0.2, 0.25) is 0 Å². The zero-order chi connectivity index (χ0) is 21.3. The third-order valence-electron chi connectivity index (χ3n) is 7.28. The maximum Gasteiger partial charge on any atom is 0.0317 e. The Morgan fingerprint density at radius 3 is 1.87 bits per heavy atom. The van der Waals surface area contributed by atoms with Crippen LogP contribution in [0, 0.1) is 11.8 Å². The lowest BCUT2D eigenvalue weighted by Crippen LogP contribution is -2.30. The number of nitrogens with two attached hydrogens (primary N) is 1. The predicted octanol–water partition coefficient (Wildman–Crippen LogP) is 8.07. The van der Waals surface area contributed by atoms with Crippen LogP contribution in [0.4, 0.5) is 5.69 Å². The molecule has 1 aliphatic rings. The second-order valence-corrected chi connectivity index (χ2v) is 9.45. The molecule has 0 aromatic heterocycles. The molecule has 2 unspecified atom stereocenters. The van der Waals surface area contributed by atoms with Crippen molar-refractivity contribution in [1.82, 2.24) is 0 Å². The van der Waals surface area contributed by atoms with Crippen LogP contribution < -0.4 is 5.73 Å². The second-order valence-electron chi connectivity index (χ2n) is 9.45. The third kappa shape index (κ3) is 3.55. The molecule has 2 atom stereocenters. The molecule has 3 aromatic rings. The zero-order valence-electron chi connectivity index (χ0n) is 18.9. The molecule has 30 heavy (non-hydrogen) atoms. The molecule has 156 valence electrons. The van der Waals surface area contributed by atoms with E-state index in [1.54, 1.807) is 0 Å². The van der Waals surface area contributed by atoms with E-state index in [1.807, 2.05) is 0 Å². The summed E-state index contributed by atoms with van der Waals surface area (Å²) >= 11 is 0. The van der Waals surface area contributed by atoms with Gasteiger partial charge in [0.05, 0.1) is 0 Å². The lowest BCUT2D eigenvalue weighted by Gasteiger charge is -2.37. The Bertz CT molecular complexity index is 1010. The van der Waals surface area contributed by atoms with Crippen LogP contribution in [0.3, 0.4) is 0 Å². The highest BCUT2D eigenvalue weighted by Crippen LogP contribution is 2.56. The lowest BCUT2D eigenvalue weighted by molar-refractivity contribution is 0.308. The van der Waals surface area contributed by atoms with E-state index in [1.165, 1.54) is 59.1 Å². The Morgan fingerprint density at radius 2 is 1.27 bits per heavy atom. The summed E-state index contributed by atoms with van der Waals surface area (Å²) in [6, 6.07) is 24.5. The van der Waals surface area contributed by atoms with E-state index in [0.29, 0.717) is 11.8 Å². The van der Waals surface area contributed by atoms with E-state index in [2.05, 4.69) is 94.4 Å². The molecule has 0 spiro atoms. The third-order valence-corrected chi connectivity index (χ3v) is 7.28. The van der Waals surface area contributed by atoms with E-state index in [9.17, 15) is 0 Å². The molecule has 0 fully saturated rings. The average Bonchev–Trinajstić information content (AvgIpc) is 3.02. The average molecular weight is 398 g/mol. The second kappa shape index (κ2) is 8.30. The van der Waals surface area contributed by atoms with Gasteiger partial charge in [-0.1, -0.05) is 89.1 Å². The van der Waals surface area contributed by atoms with Crippen molar-refractivity contribution in [1.29, 1.82) is 0 Å². The van der Waals surface area contributed by atoms with Gasteiger partial charge in [-0.25, -0.2) is 0 Å². The molecule has 1 heteroatoms. The summed E-state index contributed by atoms with van der Waals surface area (Å²) in [7, 11) is 0. The summed E-state index contributed by atoms with van der Waals surface area (Å²) in [5, 5.41) is 0. The van der Waals surface area contributed by atoms with Crippen molar-refractivity contribution in [3.05, 3.63) is 77.9 Å². The molecule has 3 aromatic carbocycles. The van der Waals surface area contributed by atoms with Crippen LogP contribution in [-0.4, -0.2) is 0 Å². The van der Waals surface area contributed by atoms with Crippen molar-refractivity contribution in [2.24, 2.45) is 11.8 Å². The molecular weight excluding hydrogens is 362 g/mol. The first kappa shape index (κ1) is 20.7. The fourth-order valence-electron chi connectivity index (χ4n) is 5.32. The van der Waals surface area contributed by atoms with Crippen molar-refractivity contribution in [2.45, 2.75) is 58.8 Å². The highest BCUT2D eigenvalue weighted by molar-refractivity contribution is 5.85. The topological polar surface area (TPSA) is 26.0 Å². The highest BCUT2D eigenvalue weighted by Gasteiger charge is 2.44. The number of hydrogen-bond donors (Lipinski definition) is 1. The van der Waals surface area contributed by atoms with Crippen molar-refractivity contribution < 1.29 is 0 Å². The van der Waals surface area contributed by atoms with Gasteiger partial charge in [-0.3, -0.25) is 0 Å². The Kier molecular flexibility index (Phi) is 5.73. The van der Waals surface area contributed by atoms with Crippen molar-refractivity contribution in [3.63, 3.8) is 0 Å². The Morgan fingerprint density at radius 1 is 0.700 bits per heavy atom. The fraction of sp³-hybridized carbons (Fsp3) is 0.379. The molecule has 0 heterocycles. The van der Waals surface area contributed by atoms with E-state index in [0.717, 1.165) is 5.69 Å². The number of nitrogen functional groups attached to an aromatic ring is 1. The molecule has 0 aliphatic heterocycles. The van der Waals surface area contributed by atoms with E-state index in [4.69, 9.17) is 5.73 Å². The molecule has 1 nitrogen and oxygen atoms in total. The maximum atomic E-state index is 6.33. The number of hydrogen-bond acceptors (Lipinski definition) is 1. The molecular formula is C29H35N. The van der Waals surface area contributed by atoms with Gasteiger partial charge < -0.3 is 5.73 Å². The van der Waals surface area contributed by atoms with E-state index < -0.39 is 0 Å². The van der Waals surface area contributed by atoms with Gasteiger partial charge in [-0.05, 0) is 76.3 Å². The number of rotatable bonds is 7. The largest absolute Gasteiger partial charge is 0.399 e. The highest BCUT2D eigenvalue weighted by atomic mass is 14.6. The number of benzene rings is 3. The van der Waals surface area contributed by atoms with Gasteiger partial charge in [-0.2, -0.15) is 0 Å². The molecule has 1 aliphatic carbocycles. The first-order valence-corrected chi connectivity index (χ1v) is 11.6. The number of fused-ring (bicyclic) bond motifs is 3. The van der Waals surface area contributed by atoms with Gasteiger partial charge in [0.15, 0.2) is 0 Å². The summed E-state index contributed by atoms with van der Waals surface area (Å²) < 4.78 is 0. The molecule has 0 bridgehead atoms. The Balaban J connectivity index is 1.96. The van der Waals surface area contributed by atoms with Crippen LogP contribution in [0.1, 0.15) is 64.5 Å². The number of anilines is 1. The quantitative estimate of drug-likeness (QED) is 0.401. The predicted molar refractivity (Wildman–Crippen MR) is 131 cm³/mol. The van der Waals surface area contributed by atoms with Gasteiger partial charge in [0.1, 0.15) is 0 Å². The van der Waals surface area contributed by atoms with Gasteiger partial charge in [-0.15, -0.1) is 0 Å². The molecule has 2 N–H and O–H groups in total. The zero-order valence-corrected chi connectivity index (χ0v) is 18.9. The Labute approximate surface area is 182 Å². The van der Waals surface area contributed by atoms with Gasteiger partial charge in [0.25, 0.3) is 0 Å². The van der Waals surface area contributed by atoms with E-state index in [-0.39, 0.29) is 5.41 Å². The van der Waals surface area contributed by atoms with Crippen LogP contribution in [0.25, 0.3) is 22.3 Å². The molecule has 4 rings (SSSR count). The van der Waals surface area contributed by atoms with Gasteiger partial charge in [0, 0.05) is 11.1 Å². The van der Waals surface area contributed by atoms with Crippen LogP contribution in [0.15, 0.2) is 66.7 Å². The van der Waals surface area contributed by atoms with Crippen LogP contribution >= 0.6 is 0 Å². The summed E-state index contributed by atoms with van der Waals surface area (Å²) in [6.07, 6.45) is 4.76. The first-order valence-electron chi connectivity index (χ1n) is 11.6. The fourth-order valence-corrected chi connectivity index (χ4v) is 5.32. The van der Waals surface area contributed by atoms with E-state index >= 15 is 0 Å². The normalized spacial score (nSPS) is 19.2. The Hall–Kier alpha value is -2.54. The molecule has 0 amide bonds. The first-order chi connectivity index (χ1) is 14.5. The summed E-state index contributed by atoms with van der Waals surface area (Å²) in [6.45, 7) is 9.45. The minimum absolute atomic E-state index is 0.0374. The summed E-state index contributed by atoms with van der Waals surface area (Å²) in [5.41, 5.74) is 15.6. The smallest absolute Gasteiger partial charge is 0.0317 e. The van der Waals surface area contributed by atoms with Gasteiger partial charge >= 0.3 is 0 Å². The SMILES string of the molecule is CCC(C)CC1(CC(C)CC)c2cc(N)ccc2-c2ccc(-c3ccccc3)cc21. The minimum Gasteiger partial charge on any atom is -0.399 e. The summed E-state index contributed by atoms with van der Waals surface area (Å²) in [4.78, 5) is 0. The molecule has 0 saturated heterocycles. The lowest BCUT2D eigenvalue weighted by atomic mass is 9.66. The molecule has 0 radical (unpaired) electrons. The van der Waals surface area contributed by atoms with Crippen LogP contribution in [-0.2, 0) is 5.41 Å². The molecule has 0 saturated carbocycles. The van der Waals surface area contributed by atoms with Crippen molar-refractivity contribution in [2.75, 3.05) is 5.73 Å². The standard InChI is InChI=1S/C29H35N/c1-5-20(3)18-29(19-21(4)6-2)27-16-23(22-10-8-7-9-11-22)12-14-25(27)26-15-13-24(30)17-28(26)29/h7-17,20-21H,5-6,18-19,30H2,1-4H3. The van der Waals surface area contributed by atoms with Crippen molar-refractivity contribution >= 4 is 5.69 Å².